The van der Waals surface area contributed by atoms with Gasteiger partial charge < -0.3 is 15.5 Å². The number of likely N-dealkylation sites (N-methyl/N-ethyl adjacent to an activating group) is 1. The fraction of sp³-hybridized carbons (Fsp3) is 0.529. The fourth-order valence-corrected chi connectivity index (χ4v) is 1.76. The van der Waals surface area contributed by atoms with Crippen molar-refractivity contribution in [3.8, 4) is 0 Å². The van der Waals surface area contributed by atoms with E-state index >= 15 is 0 Å². The Balaban J connectivity index is 2.73. The van der Waals surface area contributed by atoms with Gasteiger partial charge in [0.15, 0.2) is 5.96 Å². The molecule has 0 bridgehead atoms. The first-order chi connectivity index (χ1) is 10.4. The van der Waals surface area contributed by atoms with Crippen LogP contribution >= 0.6 is 0 Å². The summed E-state index contributed by atoms with van der Waals surface area (Å²) in [5.74, 6) is 0.697. The van der Waals surface area contributed by atoms with Crippen LogP contribution < -0.4 is 10.6 Å². The van der Waals surface area contributed by atoms with E-state index in [9.17, 15) is 4.79 Å². The second kappa shape index (κ2) is 9.07. The number of carbonyl (C=O) groups excluding carboxylic acids is 1. The number of rotatable bonds is 6. The number of benzene rings is 1. The number of carbonyl (C=O) groups is 1. The van der Waals surface area contributed by atoms with Crippen molar-refractivity contribution in [2.75, 3.05) is 20.6 Å². The van der Waals surface area contributed by atoms with Crippen molar-refractivity contribution in [2.24, 2.45) is 4.99 Å². The number of guanidine groups is 1. The number of aliphatic imine (C=N–C) groups is 1. The van der Waals surface area contributed by atoms with E-state index in [0.29, 0.717) is 18.5 Å². The molecule has 1 unspecified atom stereocenters. The predicted octanol–water partition coefficient (Wildman–Crippen LogP) is 1.92. The average molecular weight is 304 g/mol. The zero-order valence-electron chi connectivity index (χ0n) is 14.3. The molecule has 0 saturated heterocycles. The van der Waals surface area contributed by atoms with Gasteiger partial charge in [-0.3, -0.25) is 4.79 Å². The monoisotopic (exact) mass is 304 g/mol. The van der Waals surface area contributed by atoms with E-state index in [0.717, 1.165) is 6.42 Å². The van der Waals surface area contributed by atoms with Gasteiger partial charge in [0.25, 0.3) is 0 Å². The summed E-state index contributed by atoms with van der Waals surface area (Å²) in [7, 11) is 3.49. The highest BCUT2D eigenvalue weighted by atomic mass is 16.2. The van der Waals surface area contributed by atoms with Gasteiger partial charge in [-0.2, -0.15) is 0 Å². The molecule has 0 spiro atoms. The van der Waals surface area contributed by atoms with E-state index in [1.807, 2.05) is 12.1 Å². The lowest BCUT2D eigenvalue weighted by molar-refractivity contribution is -0.127. The summed E-state index contributed by atoms with van der Waals surface area (Å²) < 4.78 is 0. The van der Waals surface area contributed by atoms with Crippen LogP contribution in [0.15, 0.2) is 29.3 Å². The zero-order chi connectivity index (χ0) is 16.5. The normalized spacial score (nSPS) is 12.7. The van der Waals surface area contributed by atoms with Crippen LogP contribution in [-0.2, 0) is 11.3 Å². The molecule has 1 atom stereocenters. The Morgan fingerprint density at radius 2 is 2.00 bits per heavy atom. The van der Waals surface area contributed by atoms with Crippen LogP contribution in [0.1, 0.15) is 31.4 Å². The maximum Gasteiger partial charge on any atom is 0.241 e. The standard InChI is InChI=1S/C17H28N4O/c1-6-14(3)20-17(19-12-16(22)21(4)5)18-11-15-10-8-7-9-13(15)2/h7-10,14H,6,11-12H2,1-5H3,(H2,18,19,20). The number of hydrogen-bond acceptors (Lipinski definition) is 2. The molecule has 122 valence electrons. The molecule has 0 fully saturated rings. The second-order valence-corrected chi connectivity index (χ2v) is 5.69. The van der Waals surface area contributed by atoms with Crippen LogP contribution in [0.2, 0.25) is 0 Å². The number of amides is 1. The zero-order valence-corrected chi connectivity index (χ0v) is 14.3. The molecule has 1 aromatic carbocycles. The molecule has 0 radical (unpaired) electrons. The maximum absolute atomic E-state index is 11.7. The summed E-state index contributed by atoms with van der Waals surface area (Å²) in [5.41, 5.74) is 2.41. The minimum Gasteiger partial charge on any atom is -0.354 e. The Hall–Kier alpha value is -2.04. The predicted molar refractivity (Wildman–Crippen MR) is 91.9 cm³/mol. The average Bonchev–Trinajstić information content (AvgIpc) is 2.50. The number of nitrogens with zero attached hydrogens (tertiary/aromatic N) is 2. The summed E-state index contributed by atoms with van der Waals surface area (Å²) in [6.45, 7) is 7.12. The summed E-state index contributed by atoms with van der Waals surface area (Å²) in [6.07, 6.45) is 0.993. The van der Waals surface area contributed by atoms with Crippen LogP contribution in [0.25, 0.3) is 0 Å². The van der Waals surface area contributed by atoms with E-state index in [1.165, 1.54) is 11.1 Å². The van der Waals surface area contributed by atoms with E-state index in [4.69, 9.17) is 0 Å². The Bertz CT molecular complexity index is 511. The summed E-state index contributed by atoms with van der Waals surface area (Å²) >= 11 is 0. The molecular weight excluding hydrogens is 276 g/mol. The van der Waals surface area contributed by atoms with Gasteiger partial charge in [-0.15, -0.1) is 0 Å². The van der Waals surface area contributed by atoms with E-state index in [-0.39, 0.29) is 12.5 Å². The van der Waals surface area contributed by atoms with Crippen LogP contribution in [-0.4, -0.2) is 43.4 Å². The molecule has 0 aromatic heterocycles. The Kier molecular flexibility index (Phi) is 7.43. The van der Waals surface area contributed by atoms with Gasteiger partial charge in [0.05, 0.1) is 13.1 Å². The van der Waals surface area contributed by atoms with Gasteiger partial charge in [0.2, 0.25) is 5.91 Å². The molecule has 0 aliphatic rings. The van der Waals surface area contributed by atoms with Crippen molar-refractivity contribution < 1.29 is 4.79 Å². The molecule has 1 rings (SSSR count). The first kappa shape index (κ1) is 18.0. The SMILES string of the molecule is CCC(C)NC(=NCc1ccccc1C)NCC(=O)N(C)C. The second-order valence-electron chi connectivity index (χ2n) is 5.69. The minimum atomic E-state index is 0.0227. The first-order valence-electron chi connectivity index (χ1n) is 7.73. The maximum atomic E-state index is 11.7. The summed E-state index contributed by atoms with van der Waals surface area (Å²) in [4.78, 5) is 17.9. The lowest BCUT2D eigenvalue weighted by Crippen LogP contribution is -2.45. The molecule has 1 amide bonds. The highest BCUT2D eigenvalue weighted by Crippen LogP contribution is 2.08. The van der Waals surface area contributed by atoms with Crippen molar-refractivity contribution in [2.45, 2.75) is 39.8 Å². The van der Waals surface area contributed by atoms with Gasteiger partial charge in [-0.1, -0.05) is 31.2 Å². The largest absolute Gasteiger partial charge is 0.354 e. The molecule has 22 heavy (non-hydrogen) atoms. The molecular formula is C17H28N4O. The molecule has 0 aliphatic carbocycles. The molecule has 2 N–H and O–H groups in total. The van der Waals surface area contributed by atoms with Crippen molar-refractivity contribution in [1.82, 2.24) is 15.5 Å². The molecule has 0 heterocycles. The summed E-state index contributed by atoms with van der Waals surface area (Å²) in [5, 5.41) is 6.42. The third kappa shape index (κ3) is 6.16. The quantitative estimate of drug-likeness (QED) is 0.623. The van der Waals surface area contributed by atoms with Crippen molar-refractivity contribution in [1.29, 1.82) is 0 Å². The van der Waals surface area contributed by atoms with Crippen LogP contribution in [0.5, 0.6) is 0 Å². The minimum absolute atomic E-state index is 0.0227. The third-order valence-electron chi connectivity index (χ3n) is 3.57. The molecule has 5 nitrogen and oxygen atoms in total. The number of nitrogens with one attached hydrogen (secondary N) is 2. The lowest BCUT2D eigenvalue weighted by atomic mass is 10.1. The molecule has 0 aliphatic heterocycles. The van der Waals surface area contributed by atoms with Gasteiger partial charge in [0, 0.05) is 20.1 Å². The van der Waals surface area contributed by atoms with Crippen molar-refractivity contribution >= 4 is 11.9 Å². The van der Waals surface area contributed by atoms with Gasteiger partial charge >= 0.3 is 0 Å². The summed E-state index contributed by atoms with van der Waals surface area (Å²) in [6, 6.07) is 8.50. The number of hydrogen-bond donors (Lipinski definition) is 2. The van der Waals surface area contributed by atoms with Crippen molar-refractivity contribution in [3.63, 3.8) is 0 Å². The highest BCUT2D eigenvalue weighted by Gasteiger charge is 2.08. The van der Waals surface area contributed by atoms with E-state index in [2.05, 4.69) is 48.5 Å². The van der Waals surface area contributed by atoms with E-state index < -0.39 is 0 Å². The van der Waals surface area contributed by atoms with Gasteiger partial charge in [0.1, 0.15) is 0 Å². The fourth-order valence-electron chi connectivity index (χ4n) is 1.76. The van der Waals surface area contributed by atoms with Gasteiger partial charge in [-0.25, -0.2) is 4.99 Å². The molecule has 5 heteroatoms. The third-order valence-corrected chi connectivity index (χ3v) is 3.57. The van der Waals surface area contributed by atoms with Crippen molar-refractivity contribution in [3.05, 3.63) is 35.4 Å². The molecule has 1 aromatic rings. The Morgan fingerprint density at radius 1 is 1.32 bits per heavy atom. The Labute approximate surface area is 133 Å². The van der Waals surface area contributed by atoms with Crippen LogP contribution in [0.4, 0.5) is 0 Å². The van der Waals surface area contributed by atoms with E-state index in [1.54, 1.807) is 19.0 Å². The highest BCUT2D eigenvalue weighted by molar-refractivity contribution is 5.86. The molecule has 0 saturated carbocycles. The van der Waals surface area contributed by atoms with Gasteiger partial charge in [-0.05, 0) is 31.4 Å². The number of aryl methyl sites for hydroxylation is 1. The van der Waals surface area contributed by atoms with Crippen LogP contribution in [0.3, 0.4) is 0 Å². The lowest BCUT2D eigenvalue weighted by Gasteiger charge is -2.18. The smallest absolute Gasteiger partial charge is 0.241 e. The Morgan fingerprint density at radius 3 is 2.59 bits per heavy atom. The topological polar surface area (TPSA) is 56.7 Å². The van der Waals surface area contributed by atoms with Crippen LogP contribution in [0, 0.1) is 6.92 Å². The first-order valence-corrected chi connectivity index (χ1v) is 7.73.